The zero-order valence-electron chi connectivity index (χ0n) is 17.8. The van der Waals surface area contributed by atoms with Crippen LogP contribution < -0.4 is 5.73 Å². The number of aromatic nitrogens is 2. The van der Waals surface area contributed by atoms with Crippen LogP contribution in [0.4, 0.5) is 0 Å². The zero-order valence-corrected chi connectivity index (χ0v) is 19.4. The van der Waals surface area contributed by atoms with Gasteiger partial charge in [0.05, 0.1) is 16.8 Å². The number of hydrogen-bond donors (Lipinski definition) is 2. The van der Waals surface area contributed by atoms with Gasteiger partial charge in [-0.3, -0.25) is 9.10 Å². The van der Waals surface area contributed by atoms with E-state index in [1.54, 1.807) is 11.3 Å². The van der Waals surface area contributed by atoms with Crippen molar-refractivity contribution < 1.29 is 4.79 Å². The molecule has 1 saturated heterocycles. The molecule has 0 radical (unpaired) electrons. The Morgan fingerprint density at radius 2 is 2.13 bits per heavy atom. The van der Waals surface area contributed by atoms with Gasteiger partial charge in [-0.2, -0.15) is 0 Å². The molecule has 1 aliphatic heterocycles. The van der Waals surface area contributed by atoms with Gasteiger partial charge < -0.3 is 15.6 Å². The number of fused-ring (bicyclic) bond motifs is 1. The van der Waals surface area contributed by atoms with Crippen LogP contribution in [0.1, 0.15) is 46.6 Å². The number of nitrogens with two attached hydrogens (primary N) is 1. The van der Waals surface area contributed by atoms with Crippen LogP contribution in [-0.2, 0) is 6.54 Å². The molecule has 0 saturated carbocycles. The van der Waals surface area contributed by atoms with E-state index in [2.05, 4.69) is 38.8 Å². The van der Waals surface area contributed by atoms with Gasteiger partial charge in [0, 0.05) is 47.9 Å². The van der Waals surface area contributed by atoms with E-state index < -0.39 is 5.91 Å². The van der Waals surface area contributed by atoms with Crippen LogP contribution in [0, 0.1) is 0 Å². The van der Waals surface area contributed by atoms with Gasteiger partial charge in [0.1, 0.15) is 5.01 Å². The summed E-state index contributed by atoms with van der Waals surface area (Å²) in [6, 6.07) is 4.05. The Kier molecular flexibility index (Phi) is 6.48. The summed E-state index contributed by atoms with van der Waals surface area (Å²) >= 11 is 3.57. The van der Waals surface area contributed by atoms with Gasteiger partial charge in [-0.1, -0.05) is 18.9 Å². The van der Waals surface area contributed by atoms with Gasteiger partial charge >= 0.3 is 0 Å². The molecule has 160 valence electrons. The third kappa shape index (κ3) is 4.42. The number of hydrogen-bond acceptors (Lipinski definition) is 6. The fraction of sp³-hybridized carbons (Fsp3) is 0.455. The van der Waals surface area contributed by atoms with Gasteiger partial charge in [-0.15, -0.1) is 11.3 Å². The lowest BCUT2D eigenvalue weighted by atomic mass is 9.89. The highest BCUT2D eigenvalue weighted by Crippen LogP contribution is 2.37. The molecule has 0 aliphatic carbocycles. The number of amides is 1. The van der Waals surface area contributed by atoms with E-state index >= 15 is 0 Å². The molecule has 1 aromatic carbocycles. The number of aromatic amines is 1. The lowest BCUT2D eigenvalue weighted by Crippen LogP contribution is -2.27. The van der Waals surface area contributed by atoms with Crippen molar-refractivity contribution >= 4 is 40.1 Å². The van der Waals surface area contributed by atoms with Gasteiger partial charge in [0.25, 0.3) is 5.91 Å². The highest BCUT2D eigenvalue weighted by Gasteiger charge is 2.24. The van der Waals surface area contributed by atoms with Crippen LogP contribution in [0.2, 0.25) is 0 Å². The molecule has 6 nitrogen and oxygen atoms in total. The van der Waals surface area contributed by atoms with Crippen LogP contribution in [0.3, 0.4) is 0 Å². The average molecular weight is 444 g/mol. The molecular weight excluding hydrogens is 414 g/mol. The predicted molar refractivity (Wildman–Crippen MR) is 127 cm³/mol. The van der Waals surface area contributed by atoms with E-state index in [4.69, 9.17) is 10.7 Å². The second-order valence-electron chi connectivity index (χ2n) is 8.04. The standard InChI is InChI=1S/C22H29N5OS2/c1-4-30-27-7-5-14(6-8-27)18-11-24-21-16(18)9-15(10-17(21)22(23)28)19-13-29-20(25-19)12-26(2)3/h9-11,13-14,24H,4-8,12H2,1-3H3,(H2,23,28). The fourth-order valence-corrected chi connectivity index (χ4v) is 5.95. The van der Waals surface area contributed by atoms with E-state index in [0.717, 1.165) is 65.4 Å². The highest BCUT2D eigenvalue weighted by atomic mass is 32.2. The van der Waals surface area contributed by atoms with Crippen LogP contribution in [0.5, 0.6) is 0 Å². The minimum atomic E-state index is -0.409. The van der Waals surface area contributed by atoms with E-state index in [1.165, 1.54) is 5.56 Å². The molecule has 2 aromatic heterocycles. The molecule has 4 rings (SSSR count). The molecule has 1 aliphatic rings. The number of primary amides is 1. The Bertz CT molecular complexity index is 1030. The van der Waals surface area contributed by atoms with Crippen molar-refractivity contribution in [3.05, 3.63) is 39.8 Å². The van der Waals surface area contributed by atoms with Crippen molar-refractivity contribution in [2.75, 3.05) is 32.9 Å². The Labute approximate surface area is 186 Å². The van der Waals surface area contributed by atoms with Crippen molar-refractivity contribution in [2.24, 2.45) is 5.73 Å². The van der Waals surface area contributed by atoms with Crippen LogP contribution >= 0.6 is 23.3 Å². The maximum Gasteiger partial charge on any atom is 0.250 e. The predicted octanol–water partition coefficient (Wildman–Crippen LogP) is 4.30. The summed E-state index contributed by atoms with van der Waals surface area (Å²) in [6.07, 6.45) is 4.33. The first-order valence-corrected chi connectivity index (χ1v) is 12.2. The van der Waals surface area contributed by atoms with Crippen molar-refractivity contribution in [2.45, 2.75) is 32.2 Å². The number of nitrogens with one attached hydrogen (secondary N) is 1. The van der Waals surface area contributed by atoms with E-state index in [0.29, 0.717) is 11.5 Å². The number of nitrogens with zero attached hydrogens (tertiary/aromatic N) is 3. The normalized spacial score (nSPS) is 16.0. The molecular formula is C22H29N5OS2. The van der Waals surface area contributed by atoms with Gasteiger partial charge in [0.15, 0.2) is 0 Å². The molecule has 3 heterocycles. The van der Waals surface area contributed by atoms with Gasteiger partial charge in [-0.25, -0.2) is 4.98 Å². The lowest BCUT2D eigenvalue weighted by Gasteiger charge is -2.30. The smallest absolute Gasteiger partial charge is 0.250 e. The Morgan fingerprint density at radius 1 is 1.37 bits per heavy atom. The molecule has 30 heavy (non-hydrogen) atoms. The van der Waals surface area contributed by atoms with E-state index in [-0.39, 0.29) is 0 Å². The number of carbonyl (C=O) groups excluding carboxylic acids is 1. The first-order valence-electron chi connectivity index (χ1n) is 10.4. The number of benzene rings is 1. The monoisotopic (exact) mass is 443 g/mol. The quantitative estimate of drug-likeness (QED) is 0.532. The molecule has 1 amide bonds. The molecule has 0 atom stereocenters. The van der Waals surface area contributed by atoms with Crippen LogP contribution in [0.15, 0.2) is 23.7 Å². The Hall–Kier alpha value is -1.87. The highest BCUT2D eigenvalue weighted by molar-refractivity contribution is 7.96. The van der Waals surface area contributed by atoms with Crippen molar-refractivity contribution in [3.8, 4) is 11.3 Å². The molecule has 1 fully saturated rings. The summed E-state index contributed by atoms with van der Waals surface area (Å²) in [7, 11) is 4.07. The average Bonchev–Trinajstić information content (AvgIpc) is 3.34. The first kappa shape index (κ1) is 21.4. The molecule has 0 spiro atoms. The van der Waals surface area contributed by atoms with E-state index in [1.807, 2.05) is 32.1 Å². The second kappa shape index (κ2) is 9.09. The third-order valence-electron chi connectivity index (χ3n) is 5.59. The SMILES string of the molecule is CCSN1CCC(c2c[nH]c3c(C(N)=O)cc(-c4csc(CN(C)C)n4)cc23)CC1. The summed E-state index contributed by atoms with van der Waals surface area (Å²) in [4.78, 5) is 22.5. The molecule has 3 N–H and O–H groups in total. The molecule has 8 heteroatoms. The molecule has 0 unspecified atom stereocenters. The largest absolute Gasteiger partial charge is 0.366 e. The topological polar surface area (TPSA) is 78.2 Å². The van der Waals surface area contributed by atoms with Gasteiger partial charge in [0.2, 0.25) is 0 Å². The first-order chi connectivity index (χ1) is 14.5. The Morgan fingerprint density at radius 3 is 2.80 bits per heavy atom. The van der Waals surface area contributed by atoms with Gasteiger partial charge in [-0.05, 0) is 50.6 Å². The summed E-state index contributed by atoms with van der Waals surface area (Å²) in [5.74, 6) is 1.20. The van der Waals surface area contributed by atoms with Crippen molar-refractivity contribution in [1.29, 1.82) is 0 Å². The van der Waals surface area contributed by atoms with E-state index in [9.17, 15) is 4.79 Å². The third-order valence-corrected chi connectivity index (χ3v) is 7.41. The maximum atomic E-state index is 12.2. The lowest BCUT2D eigenvalue weighted by molar-refractivity contribution is 0.100. The fourth-order valence-electron chi connectivity index (χ4n) is 4.20. The summed E-state index contributed by atoms with van der Waals surface area (Å²) < 4.78 is 2.47. The van der Waals surface area contributed by atoms with Crippen LogP contribution in [0.25, 0.3) is 22.2 Å². The number of H-pyrrole nitrogens is 1. The number of carbonyl (C=O) groups is 1. The summed E-state index contributed by atoms with van der Waals surface area (Å²) in [5.41, 5.74) is 10.3. The summed E-state index contributed by atoms with van der Waals surface area (Å²) in [5, 5.41) is 4.23. The Balaban J connectivity index is 1.70. The van der Waals surface area contributed by atoms with Crippen LogP contribution in [-0.4, -0.2) is 58.0 Å². The molecule has 0 bridgehead atoms. The minimum absolute atomic E-state index is 0.409. The number of piperidine rings is 1. The minimum Gasteiger partial charge on any atom is -0.366 e. The maximum absolute atomic E-state index is 12.2. The molecule has 3 aromatic rings. The number of thiazole rings is 1. The second-order valence-corrected chi connectivity index (χ2v) is 10.3. The van der Waals surface area contributed by atoms with Crippen molar-refractivity contribution in [3.63, 3.8) is 0 Å². The zero-order chi connectivity index (χ0) is 21.3. The van der Waals surface area contributed by atoms with Crippen molar-refractivity contribution in [1.82, 2.24) is 19.2 Å². The summed E-state index contributed by atoms with van der Waals surface area (Å²) in [6.45, 7) is 5.20. The number of rotatable bonds is 7.